The Hall–Kier alpha value is -0.630. The van der Waals surface area contributed by atoms with E-state index in [1.54, 1.807) is 0 Å². The number of nitrogens with one attached hydrogen (secondary N) is 1. The lowest BCUT2D eigenvalue weighted by Crippen LogP contribution is -2.24. The minimum Gasteiger partial charge on any atom is -0.324 e. The molecule has 0 bridgehead atoms. The zero-order valence-corrected chi connectivity index (χ0v) is 14.5. The number of alkyl halides is 1. The number of amides is 1. The van der Waals surface area contributed by atoms with Crippen LogP contribution in [0.25, 0.3) is 0 Å². The number of carbonyl (C=O) groups excluding carboxylic acids is 1. The smallest absolute Gasteiger partial charge is 0.242 e. The third kappa shape index (κ3) is 3.94. The largest absolute Gasteiger partial charge is 0.324 e. The van der Waals surface area contributed by atoms with Crippen molar-refractivity contribution < 1.29 is 13.2 Å². The Morgan fingerprint density at radius 1 is 1.45 bits per heavy atom. The van der Waals surface area contributed by atoms with E-state index in [4.69, 9.17) is 11.6 Å². The third-order valence-corrected chi connectivity index (χ3v) is 5.82. The molecular weight excluding hydrogens is 368 g/mol. The van der Waals surface area contributed by atoms with Crippen LogP contribution in [0.15, 0.2) is 23.1 Å². The number of carbonyl (C=O) groups is 1. The molecule has 1 N–H and O–H groups in total. The van der Waals surface area contributed by atoms with Gasteiger partial charge in [-0.1, -0.05) is 34.5 Å². The van der Waals surface area contributed by atoms with Crippen LogP contribution in [-0.2, 0) is 14.8 Å². The van der Waals surface area contributed by atoms with E-state index in [2.05, 4.69) is 21.2 Å². The number of rotatable bonds is 5. The van der Waals surface area contributed by atoms with Gasteiger partial charge in [-0.25, -0.2) is 12.7 Å². The monoisotopic (exact) mass is 382 g/mol. The van der Waals surface area contributed by atoms with Crippen molar-refractivity contribution >= 4 is 49.1 Å². The lowest BCUT2D eigenvalue weighted by molar-refractivity contribution is -0.115. The Morgan fingerprint density at radius 3 is 2.55 bits per heavy atom. The summed E-state index contributed by atoms with van der Waals surface area (Å²) in [6.07, 6.45) is 0.610. The van der Waals surface area contributed by atoms with Crippen LogP contribution in [0.4, 0.5) is 5.69 Å². The highest BCUT2D eigenvalue weighted by atomic mass is 79.9. The molecule has 1 aromatic carbocycles. The Bertz CT molecular complexity index is 605. The first-order chi connectivity index (χ1) is 9.20. The Kier molecular flexibility index (Phi) is 6.00. The summed E-state index contributed by atoms with van der Waals surface area (Å²) in [5.41, 5.74) is 0.275. The zero-order chi connectivity index (χ0) is 15.5. The predicted molar refractivity (Wildman–Crippen MR) is 84.0 cm³/mol. The Morgan fingerprint density at radius 2 is 2.05 bits per heavy atom. The van der Waals surface area contributed by atoms with E-state index < -0.39 is 10.0 Å². The molecule has 1 unspecified atom stereocenters. The topological polar surface area (TPSA) is 66.5 Å². The Balaban J connectivity index is 3.14. The van der Waals surface area contributed by atoms with Crippen LogP contribution in [0.2, 0.25) is 5.02 Å². The maximum atomic E-state index is 12.0. The second-order valence-electron chi connectivity index (χ2n) is 4.29. The molecule has 0 saturated heterocycles. The minimum absolute atomic E-state index is 0.0739. The third-order valence-electron chi connectivity index (χ3n) is 2.62. The summed E-state index contributed by atoms with van der Waals surface area (Å²) in [5.74, 6) is -0.270. The number of anilines is 1. The van der Waals surface area contributed by atoms with Crippen LogP contribution in [0, 0.1) is 0 Å². The average molecular weight is 384 g/mol. The molecule has 0 aromatic heterocycles. The van der Waals surface area contributed by atoms with Gasteiger partial charge in [0.15, 0.2) is 0 Å². The van der Waals surface area contributed by atoms with Gasteiger partial charge < -0.3 is 5.32 Å². The molecule has 0 fully saturated rings. The van der Waals surface area contributed by atoms with Crippen molar-refractivity contribution in [3.63, 3.8) is 0 Å². The first kappa shape index (κ1) is 17.4. The summed E-state index contributed by atoms with van der Waals surface area (Å²) in [6, 6.07) is 4.20. The molecule has 8 heteroatoms. The number of sulfonamides is 1. The van der Waals surface area contributed by atoms with Crippen LogP contribution in [0.5, 0.6) is 0 Å². The van der Waals surface area contributed by atoms with Gasteiger partial charge in [-0.2, -0.15) is 0 Å². The second kappa shape index (κ2) is 6.89. The molecule has 1 amide bonds. The average Bonchev–Trinajstić information content (AvgIpc) is 2.39. The predicted octanol–water partition coefficient (Wildman–Crippen LogP) is 2.70. The van der Waals surface area contributed by atoms with Crippen molar-refractivity contribution in [1.82, 2.24) is 4.31 Å². The fourth-order valence-electron chi connectivity index (χ4n) is 1.37. The van der Waals surface area contributed by atoms with Crippen LogP contribution in [0.1, 0.15) is 13.3 Å². The molecule has 1 aromatic rings. The van der Waals surface area contributed by atoms with Gasteiger partial charge in [0.25, 0.3) is 0 Å². The highest BCUT2D eigenvalue weighted by Gasteiger charge is 2.20. The maximum Gasteiger partial charge on any atom is 0.242 e. The minimum atomic E-state index is -3.57. The van der Waals surface area contributed by atoms with Crippen LogP contribution >= 0.6 is 27.5 Å². The molecule has 1 rings (SSSR count). The number of hydrogen-bond acceptors (Lipinski definition) is 3. The van der Waals surface area contributed by atoms with Gasteiger partial charge in [0, 0.05) is 14.1 Å². The van der Waals surface area contributed by atoms with E-state index in [1.165, 1.54) is 32.3 Å². The fraction of sp³-hybridized carbons (Fsp3) is 0.417. The summed E-state index contributed by atoms with van der Waals surface area (Å²) in [7, 11) is -0.690. The molecule has 5 nitrogen and oxygen atoms in total. The van der Waals surface area contributed by atoms with E-state index in [0.717, 1.165) is 4.31 Å². The molecule has 112 valence electrons. The van der Waals surface area contributed by atoms with Gasteiger partial charge in [-0.3, -0.25) is 4.79 Å². The first-order valence-corrected chi connectivity index (χ1v) is 8.60. The van der Waals surface area contributed by atoms with Gasteiger partial charge in [0.2, 0.25) is 15.9 Å². The molecule has 0 heterocycles. The lowest BCUT2D eigenvalue weighted by Gasteiger charge is -2.14. The SMILES string of the molecule is CCC(Br)C(=O)Nc1cc(S(=O)(=O)N(C)C)ccc1Cl. The quantitative estimate of drug-likeness (QED) is 0.795. The molecule has 0 spiro atoms. The molecule has 20 heavy (non-hydrogen) atoms. The standard InChI is InChI=1S/C12H16BrClN2O3S/c1-4-9(13)12(17)15-11-7-8(5-6-10(11)14)20(18,19)16(2)3/h5-7,9H,4H2,1-3H3,(H,15,17). The summed E-state index contributed by atoms with van der Waals surface area (Å²) in [5, 5.41) is 2.90. The summed E-state index contributed by atoms with van der Waals surface area (Å²) in [6.45, 7) is 1.85. The number of halogens is 2. The second-order valence-corrected chi connectivity index (χ2v) is 7.96. The van der Waals surface area contributed by atoms with Gasteiger partial charge in [0.1, 0.15) is 0 Å². The summed E-state index contributed by atoms with van der Waals surface area (Å²) < 4.78 is 25.2. The zero-order valence-electron chi connectivity index (χ0n) is 11.4. The molecular formula is C12H16BrClN2O3S. The van der Waals surface area contributed by atoms with Gasteiger partial charge in [0.05, 0.1) is 20.4 Å². The highest BCUT2D eigenvalue weighted by molar-refractivity contribution is 9.10. The maximum absolute atomic E-state index is 12.0. The van der Waals surface area contributed by atoms with E-state index in [-0.39, 0.29) is 26.3 Å². The number of benzene rings is 1. The van der Waals surface area contributed by atoms with E-state index in [1.807, 2.05) is 6.92 Å². The van der Waals surface area contributed by atoms with Crippen molar-refractivity contribution in [2.24, 2.45) is 0 Å². The number of hydrogen-bond donors (Lipinski definition) is 1. The Labute approximate surface area is 132 Å². The number of nitrogens with zero attached hydrogens (tertiary/aromatic N) is 1. The van der Waals surface area contributed by atoms with Crippen molar-refractivity contribution in [2.75, 3.05) is 19.4 Å². The highest BCUT2D eigenvalue weighted by Crippen LogP contribution is 2.27. The molecule has 0 radical (unpaired) electrons. The normalized spacial score (nSPS) is 13.3. The van der Waals surface area contributed by atoms with Crippen LogP contribution in [-0.4, -0.2) is 37.6 Å². The first-order valence-electron chi connectivity index (χ1n) is 5.87. The molecule has 0 saturated carbocycles. The fourth-order valence-corrected chi connectivity index (χ4v) is 2.58. The molecule has 0 aliphatic heterocycles. The van der Waals surface area contributed by atoms with Crippen LogP contribution < -0.4 is 5.32 Å². The molecule has 1 atom stereocenters. The van der Waals surface area contributed by atoms with Crippen molar-refractivity contribution in [2.45, 2.75) is 23.1 Å². The van der Waals surface area contributed by atoms with E-state index >= 15 is 0 Å². The lowest BCUT2D eigenvalue weighted by atomic mass is 10.3. The van der Waals surface area contributed by atoms with Crippen molar-refractivity contribution in [3.8, 4) is 0 Å². The van der Waals surface area contributed by atoms with E-state index in [9.17, 15) is 13.2 Å². The van der Waals surface area contributed by atoms with Crippen LogP contribution in [0.3, 0.4) is 0 Å². The summed E-state index contributed by atoms with van der Waals surface area (Å²) in [4.78, 5) is 11.5. The molecule has 0 aliphatic carbocycles. The van der Waals surface area contributed by atoms with Gasteiger partial charge >= 0.3 is 0 Å². The van der Waals surface area contributed by atoms with Crippen molar-refractivity contribution in [1.29, 1.82) is 0 Å². The van der Waals surface area contributed by atoms with Gasteiger partial charge in [-0.05, 0) is 24.6 Å². The van der Waals surface area contributed by atoms with Crippen molar-refractivity contribution in [3.05, 3.63) is 23.2 Å². The molecule has 0 aliphatic rings. The van der Waals surface area contributed by atoms with E-state index in [0.29, 0.717) is 6.42 Å². The van der Waals surface area contributed by atoms with Gasteiger partial charge in [-0.15, -0.1) is 0 Å². The summed E-state index contributed by atoms with van der Waals surface area (Å²) >= 11 is 9.20.